The number of para-hydroxylation sites is 1. The van der Waals surface area contributed by atoms with Gasteiger partial charge in [-0.2, -0.15) is 0 Å². The van der Waals surface area contributed by atoms with Crippen LogP contribution in [0.1, 0.15) is 96.3 Å². The number of hydrogen-bond acceptors (Lipinski definition) is 1. The highest BCUT2D eigenvalue weighted by atomic mass is 15.1. The molecule has 8 rings (SSSR count). The molecule has 0 amide bonds. The van der Waals surface area contributed by atoms with Gasteiger partial charge in [0.2, 0.25) is 0 Å². The van der Waals surface area contributed by atoms with E-state index in [9.17, 15) is 0 Å². The van der Waals surface area contributed by atoms with Crippen LogP contribution in [-0.2, 0) is 10.8 Å². The quantitative estimate of drug-likeness (QED) is 0.159. The van der Waals surface area contributed by atoms with E-state index in [0.717, 1.165) is 5.69 Å². The van der Waals surface area contributed by atoms with Gasteiger partial charge in [-0.05, 0) is 115 Å². The van der Waals surface area contributed by atoms with Crippen molar-refractivity contribution in [3.63, 3.8) is 0 Å². The maximum Gasteiger partial charge on any atom is 0.0540 e. The summed E-state index contributed by atoms with van der Waals surface area (Å²) in [6.45, 7) is 14.0. The SMILES string of the molecule is CC(C)(C)c1cc(N(c2ccc(-c3ccc(-c4ccccc4)cc3)cc2)c2ccccc2-c2cccc3cccc(C4CCCCC4)c23)cc(C(C)(C)C)c1. The molecule has 0 atom stereocenters. The number of hydrogen-bond donors (Lipinski definition) is 0. The van der Waals surface area contributed by atoms with Crippen LogP contribution in [-0.4, -0.2) is 0 Å². The van der Waals surface area contributed by atoms with Gasteiger partial charge in [0.1, 0.15) is 0 Å². The van der Waals surface area contributed by atoms with Crippen LogP contribution in [0.5, 0.6) is 0 Å². The van der Waals surface area contributed by atoms with Crippen molar-refractivity contribution in [3.8, 4) is 33.4 Å². The normalized spacial score (nSPS) is 13.9. The van der Waals surface area contributed by atoms with E-state index in [-0.39, 0.29) is 10.8 Å². The monoisotopic (exact) mass is 717 g/mol. The Morgan fingerprint density at radius 3 is 1.55 bits per heavy atom. The Morgan fingerprint density at radius 2 is 0.945 bits per heavy atom. The van der Waals surface area contributed by atoms with Gasteiger partial charge in [-0.3, -0.25) is 0 Å². The standard InChI is InChI=1S/C54H55N/c1-53(2,3)44-35-45(54(4,5)6)37-47(36-44)55(46-33-31-41(32-34-46)40-29-27-39(28-30-40)38-17-9-7-10-18-38)51-26-14-13-23-49(51)50-25-16-22-43-21-15-24-48(52(43)50)42-19-11-8-12-20-42/h7,9-10,13-18,21-37,42H,8,11-12,19-20H2,1-6H3. The largest absolute Gasteiger partial charge is 0.310 e. The van der Waals surface area contributed by atoms with E-state index in [0.29, 0.717) is 5.92 Å². The van der Waals surface area contributed by atoms with E-state index < -0.39 is 0 Å². The highest BCUT2D eigenvalue weighted by molar-refractivity contribution is 6.03. The molecule has 0 unspecified atom stereocenters. The van der Waals surface area contributed by atoms with Crippen LogP contribution >= 0.6 is 0 Å². The van der Waals surface area contributed by atoms with E-state index in [1.54, 1.807) is 0 Å². The summed E-state index contributed by atoms with van der Waals surface area (Å²) in [5, 5.41) is 2.74. The van der Waals surface area contributed by atoms with E-state index >= 15 is 0 Å². The molecule has 0 saturated heterocycles. The van der Waals surface area contributed by atoms with Gasteiger partial charge >= 0.3 is 0 Å². The summed E-state index contributed by atoms with van der Waals surface area (Å²) in [4.78, 5) is 2.52. The van der Waals surface area contributed by atoms with Crippen molar-refractivity contribution in [2.45, 2.75) is 90.4 Å². The molecule has 1 saturated carbocycles. The van der Waals surface area contributed by atoms with Gasteiger partial charge in [0, 0.05) is 16.9 Å². The lowest BCUT2D eigenvalue weighted by Crippen LogP contribution is -2.19. The third kappa shape index (κ3) is 7.63. The van der Waals surface area contributed by atoms with Gasteiger partial charge in [0.05, 0.1) is 5.69 Å². The molecule has 1 aliphatic carbocycles. The van der Waals surface area contributed by atoms with Crippen molar-refractivity contribution in [1.29, 1.82) is 0 Å². The van der Waals surface area contributed by atoms with E-state index in [4.69, 9.17) is 0 Å². The highest BCUT2D eigenvalue weighted by Crippen LogP contribution is 2.47. The maximum atomic E-state index is 2.52. The summed E-state index contributed by atoms with van der Waals surface area (Å²) in [6.07, 6.45) is 6.55. The molecular weight excluding hydrogens is 663 g/mol. The number of anilines is 3. The summed E-state index contributed by atoms with van der Waals surface area (Å²) in [5.41, 5.74) is 15.2. The Kier molecular flexibility index (Phi) is 9.99. The summed E-state index contributed by atoms with van der Waals surface area (Å²) in [6, 6.07) is 59.1. The minimum atomic E-state index is -0.0124. The van der Waals surface area contributed by atoms with Gasteiger partial charge < -0.3 is 4.90 Å². The Labute approximate surface area is 329 Å². The van der Waals surface area contributed by atoms with Crippen molar-refractivity contribution in [3.05, 3.63) is 174 Å². The number of fused-ring (bicyclic) bond motifs is 1. The summed E-state index contributed by atoms with van der Waals surface area (Å²) in [5.74, 6) is 0.606. The van der Waals surface area contributed by atoms with E-state index in [1.165, 1.54) is 104 Å². The van der Waals surface area contributed by atoms with Gasteiger partial charge in [-0.1, -0.05) is 188 Å². The third-order valence-electron chi connectivity index (χ3n) is 11.8. The van der Waals surface area contributed by atoms with Gasteiger partial charge in [0.15, 0.2) is 0 Å². The average molecular weight is 718 g/mol. The second kappa shape index (κ2) is 15.0. The Hall–Kier alpha value is -5.40. The molecule has 1 aliphatic rings. The molecule has 7 aromatic carbocycles. The van der Waals surface area contributed by atoms with Crippen molar-refractivity contribution in [2.75, 3.05) is 4.90 Å². The second-order valence-corrected chi connectivity index (χ2v) is 17.7. The van der Waals surface area contributed by atoms with Crippen LogP contribution in [0.3, 0.4) is 0 Å². The highest BCUT2D eigenvalue weighted by Gasteiger charge is 2.26. The Balaban J connectivity index is 1.30. The van der Waals surface area contributed by atoms with Crippen molar-refractivity contribution >= 4 is 27.8 Å². The predicted octanol–water partition coefficient (Wildman–Crippen LogP) is 16.0. The average Bonchev–Trinajstić information content (AvgIpc) is 3.21. The zero-order valence-electron chi connectivity index (χ0n) is 33.6. The molecule has 0 radical (unpaired) electrons. The van der Waals surface area contributed by atoms with Crippen LogP contribution in [0.4, 0.5) is 17.1 Å². The molecule has 0 bridgehead atoms. The number of benzene rings is 7. The van der Waals surface area contributed by atoms with Crippen LogP contribution in [0, 0.1) is 0 Å². The molecule has 55 heavy (non-hydrogen) atoms. The lowest BCUT2D eigenvalue weighted by Gasteiger charge is -2.32. The zero-order chi connectivity index (χ0) is 38.2. The van der Waals surface area contributed by atoms with E-state index in [2.05, 4.69) is 204 Å². The predicted molar refractivity (Wildman–Crippen MR) is 238 cm³/mol. The molecule has 276 valence electrons. The van der Waals surface area contributed by atoms with Gasteiger partial charge in [-0.25, -0.2) is 0 Å². The van der Waals surface area contributed by atoms with Crippen molar-refractivity contribution in [1.82, 2.24) is 0 Å². The number of rotatable bonds is 7. The van der Waals surface area contributed by atoms with Crippen LogP contribution in [0.2, 0.25) is 0 Å². The minimum absolute atomic E-state index is 0.0124. The summed E-state index contributed by atoms with van der Waals surface area (Å²) >= 11 is 0. The van der Waals surface area contributed by atoms with Crippen LogP contribution in [0.15, 0.2) is 158 Å². The van der Waals surface area contributed by atoms with Gasteiger partial charge in [-0.15, -0.1) is 0 Å². The van der Waals surface area contributed by atoms with Gasteiger partial charge in [0.25, 0.3) is 0 Å². The first-order valence-corrected chi connectivity index (χ1v) is 20.4. The molecule has 1 nitrogen and oxygen atoms in total. The van der Waals surface area contributed by atoms with Crippen LogP contribution < -0.4 is 4.90 Å². The third-order valence-corrected chi connectivity index (χ3v) is 11.8. The fraction of sp³-hybridized carbons (Fsp3) is 0.259. The van der Waals surface area contributed by atoms with Crippen molar-refractivity contribution < 1.29 is 0 Å². The first-order valence-electron chi connectivity index (χ1n) is 20.4. The lowest BCUT2D eigenvalue weighted by molar-refractivity contribution is 0.445. The molecule has 0 N–H and O–H groups in total. The zero-order valence-corrected chi connectivity index (χ0v) is 33.6. The fourth-order valence-corrected chi connectivity index (χ4v) is 8.57. The molecule has 0 spiro atoms. The summed E-state index contributed by atoms with van der Waals surface area (Å²) in [7, 11) is 0. The molecule has 7 aromatic rings. The van der Waals surface area contributed by atoms with E-state index in [1.807, 2.05) is 0 Å². The first kappa shape index (κ1) is 36.6. The lowest BCUT2D eigenvalue weighted by atomic mass is 9.80. The molecule has 1 heteroatoms. The topological polar surface area (TPSA) is 3.24 Å². The maximum absolute atomic E-state index is 2.52. The molecule has 0 aromatic heterocycles. The fourth-order valence-electron chi connectivity index (χ4n) is 8.57. The molecule has 1 fully saturated rings. The smallest absolute Gasteiger partial charge is 0.0540 e. The van der Waals surface area contributed by atoms with Crippen LogP contribution in [0.25, 0.3) is 44.2 Å². The molecular formula is C54H55N. The Morgan fingerprint density at radius 1 is 0.436 bits per heavy atom. The first-order chi connectivity index (χ1) is 26.5. The second-order valence-electron chi connectivity index (χ2n) is 17.7. The minimum Gasteiger partial charge on any atom is -0.310 e. The number of nitrogens with zero attached hydrogens (tertiary/aromatic N) is 1. The summed E-state index contributed by atoms with van der Waals surface area (Å²) < 4.78 is 0. The molecule has 0 aliphatic heterocycles. The molecule has 0 heterocycles. The Bertz CT molecular complexity index is 2360. The van der Waals surface area contributed by atoms with Crippen molar-refractivity contribution in [2.24, 2.45) is 0 Å².